The predicted octanol–water partition coefficient (Wildman–Crippen LogP) is 0.323. The zero-order chi connectivity index (χ0) is 13.8. The summed E-state index contributed by atoms with van der Waals surface area (Å²) in [6.07, 6.45) is 4.21. The van der Waals surface area contributed by atoms with E-state index >= 15 is 0 Å². The van der Waals surface area contributed by atoms with Crippen LogP contribution >= 0.6 is 0 Å². The van der Waals surface area contributed by atoms with E-state index in [2.05, 4.69) is 25.8 Å². The van der Waals surface area contributed by atoms with Crippen LogP contribution in [-0.2, 0) is 17.8 Å². The van der Waals surface area contributed by atoms with Crippen molar-refractivity contribution >= 4 is 0 Å². The Balaban J connectivity index is 1.50. The normalized spacial score (nSPS) is 14.8. The molecule has 3 rings (SSSR count). The molecule has 0 atom stereocenters. The maximum Gasteiger partial charge on any atom is 0.248 e. The standard InChI is InChI=1S/C12H18N6O2/c1-19-5-4-13-6-10-7-18(17-15-10)8-11-14-12(16-20-11)9-2-3-9/h7,9,13H,2-6,8H2,1H3. The van der Waals surface area contributed by atoms with Gasteiger partial charge in [-0.05, 0) is 12.8 Å². The van der Waals surface area contributed by atoms with E-state index in [4.69, 9.17) is 9.26 Å². The monoisotopic (exact) mass is 278 g/mol. The van der Waals surface area contributed by atoms with Crippen molar-refractivity contribution < 1.29 is 9.26 Å². The first-order valence-electron chi connectivity index (χ1n) is 6.76. The van der Waals surface area contributed by atoms with Crippen LogP contribution in [0.3, 0.4) is 0 Å². The first-order chi connectivity index (χ1) is 9.85. The lowest BCUT2D eigenvalue weighted by Gasteiger charge is -1.99. The number of rotatable bonds is 8. The predicted molar refractivity (Wildman–Crippen MR) is 69.0 cm³/mol. The van der Waals surface area contributed by atoms with Gasteiger partial charge in [0.2, 0.25) is 5.89 Å². The molecule has 2 heterocycles. The largest absolute Gasteiger partial charge is 0.383 e. The topological polar surface area (TPSA) is 90.9 Å². The average molecular weight is 278 g/mol. The van der Waals surface area contributed by atoms with Gasteiger partial charge in [0.1, 0.15) is 6.54 Å². The van der Waals surface area contributed by atoms with Crippen molar-refractivity contribution in [3.05, 3.63) is 23.6 Å². The molecule has 0 saturated heterocycles. The summed E-state index contributed by atoms with van der Waals surface area (Å²) in [4.78, 5) is 4.36. The van der Waals surface area contributed by atoms with E-state index in [9.17, 15) is 0 Å². The Kier molecular flexibility index (Phi) is 4.03. The van der Waals surface area contributed by atoms with Crippen molar-refractivity contribution in [2.24, 2.45) is 0 Å². The second kappa shape index (κ2) is 6.10. The Labute approximate surface area is 116 Å². The third-order valence-corrected chi connectivity index (χ3v) is 3.10. The van der Waals surface area contributed by atoms with Gasteiger partial charge < -0.3 is 14.6 Å². The number of ether oxygens (including phenoxy) is 1. The minimum atomic E-state index is 0.463. The van der Waals surface area contributed by atoms with Gasteiger partial charge in [-0.2, -0.15) is 4.98 Å². The summed E-state index contributed by atoms with van der Waals surface area (Å²) < 4.78 is 11.9. The fourth-order valence-electron chi connectivity index (χ4n) is 1.87. The molecule has 0 unspecified atom stereocenters. The van der Waals surface area contributed by atoms with E-state index in [1.165, 1.54) is 12.8 Å². The van der Waals surface area contributed by atoms with Gasteiger partial charge in [-0.25, -0.2) is 4.68 Å². The van der Waals surface area contributed by atoms with Crippen molar-refractivity contribution in [1.29, 1.82) is 0 Å². The van der Waals surface area contributed by atoms with Crippen LogP contribution in [-0.4, -0.2) is 45.4 Å². The van der Waals surface area contributed by atoms with E-state index in [0.29, 0.717) is 31.5 Å². The zero-order valence-electron chi connectivity index (χ0n) is 11.4. The number of nitrogens with zero attached hydrogens (tertiary/aromatic N) is 5. The second-order valence-corrected chi connectivity index (χ2v) is 4.90. The number of nitrogens with one attached hydrogen (secondary N) is 1. The molecule has 0 bridgehead atoms. The first kappa shape index (κ1) is 13.2. The molecule has 0 aromatic carbocycles. The van der Waals surface area contributed by atoms with Gasteiger partial charge in [-0.15, -0.1) is 5.10 Å². The quantitative estimate of drug-likeness (QED) is 0.695. The maximum absolute atomic E-state index is 5.21. The average Bonchev–Trinajstić information content (AvgIpc) is 3.04. The van der Waals surface area contributed by atoms with Crippen LogP contribution in [0.4, 0.5) is 0 Å². The van der Waals surface area contributed by atoms with Crippen LogP contribution in [0, 0.1) is 0 Å². The molecule has 0 spiro atoms. The van der Waals surface area contributed by atoms with Crippen molar-refractivity contribution in [1.82, 2.24) is 30.5 Å². The first-order valence-corrected chi connectivity index (χ1v) is 6.76. The van der Waals surface area contributed by atoms with Crippen molar-refractivity contribution in [2.45, 2.75) is 31.8 Å². The highest BCUT2D eigenvalue weighted by atomic mass is 16.5. The molecule has 108 valence electrons. The second-order valence-electron chi connectivity index (χ2n) is 4.90. The summed E-state index contributed by atoms with van der Waals surface area (Å²) in [7, 11) is 1.68. The van der Waals surface area contributed by atoms with Gasteiger partial charge in [0.25, 0.3) is 0 Å². The Morgan fingerprint density at radius 1 is 1.50 bits per heavy atom. The summed E-state index contributed by atoms with van der Waals surface area (Å²) in [6, 6.07) is 0. The highest BCUT2D eigenvalue weighted by Gasteiger charge is 2.28. The molecule has 1 fully saturated rings. The van der Waals surface area contributed by atoms with E-state index in [1.807, 2.05) is 6.20 Å². The molecular weight excluding hydrogens is 260 g/mol. The molecule has 1 saturated carbocycles. The lowest BCUT2D eigenvalue weighted by Crippen LogP contribution is -2.18. The molecule has 8 nitrogen and oxygen atoms in total. The molecule has 20 heavy (non-hydrogen) atoms. The van der Waals surface area contributed by atoms with E-state index in [0.717, 1.165) is 18.1 Å². The van der Waals surface area contributed by atoms with E-state index in [1.54, 1.807) is 11.8 Å². The third-order valence-electron chi connectivity index (χ3n) is 3.10. The fraction of sp³-hybridized carbons (Fsp3) is 0.667. The van der Waals surface area contributed by atoms with Crippen molar-refractivity contribution in [3.8, 4) is 0 Å². The van der Waals surface area contributed by atoms with Crippen molar-refractivity contribution in [3.63, 3.8) is 0 Å². The number of hydrogen-bond donors (Lipinski definition) is 1. The van der Waals surface area contributed by atoms with Gasteiger partial charge >= 0.3 is 0 Å². The minimum absolute atomic E-state index is 0.463. The molecule has 1 N–H and O–H groups in total. The minimum Gasteiger partial charge on any atom is -0.383 e. The lowest BCUT2D eigenvalue weighted by atomic mass is 10.4. The molecular formula is C12H18N6O2. The van der Waals surface area contributed by atoms with Gasteiger partial charge in [-0.1, -0.05) is 10.4 Å². The summed E-state index contributed by atoms with van der Waals surface area (Å²) in [5, 5.41) is 15.3. The van der Waals surface area contributed by atoms with Crippen LogP contribution in [0.1, 0.15) is 36.2 Å². The molecule has 2 aromatic rings. The number of hydrogen-bond acceptors (Lipinski definition) is 7. The van der Waals surface area contributed by atoms with E-state index < -0.39 is 0 Å². The number of aromatic nitrogens is 5. The highest BCUT2D eigenvalue weighted by Crippen LogP contribution is 2.38. The summed E-state index contributed by atoms with van der Waals surface area (Å²) in [6.45, 7) is 2.60. The highest BCUT2D eigenvalue weighted by molar-refractivity contribution is 5.03. The van der Waals surface area contributed by atoms with Gasteiger partial charge in [-0.3, -0.25) is 0 Å². The van der Waals surface area contributed by atoms with Crippen LogP contribution in [0.15, 0.2) is 10.7 Å². The molecule has 0 amide bonds. The van der Waals surface area contributed by atoms with Gasteiger partial charge in [0.15, 0.2) is 5.82 Å². The Bertz CT molecular complexity index is 548. The molecule has 2 aromatic heterocycles. The molecule has 0 radical (unpaired) electrons. The third kappa shape index (κ3) is 3.40. The zero-order valence-corrected chi connectivity index (χ0v) is 11.4. The molecule has 1 aliphatic rings. The molecule has 8 heteroatoms. The van der Waals surface area contributed by atoms with Crippen LogP contribution in [0.5, 0.6) is 0 Å². The van der Waals surface area contributed by atoms with E-state index in [-0.39, 0.29) is 0 Å². The lowest BCUT2D eigenvalue weighted by molar-refractivity contribution is 0.199. The molecule has 1 aliphatic carbocycles. The summed E-state index contributed by atoms with van der Waals surface area (Å²) in [5.74, 6) is 1.90. The van der Waals surface area contributed by atoms with Crippen LogP contribution in [0.25, 0.3) is 0 Å². The van der Waals surface area contributed by atoms with Crippen molar-refractivity contribution in [2.75, 3.05) is 20.3 Å². The Morgan fingerprint density at radius 2 is 2.40 bits per heavy atom. The fourth-order valence-corrected chi connectivity index (χ4v) is 1.87. The Hall–Kier alpha value is -1.80. The van der Waals surface area contributed by atoms with Crippen LogP contribution in [0.2, 0.25) is 0 Å². The Morgan fingerprint density at radius 3 is 3.20 bits per heavy atom. The van der Waals surface area contributed by atoms with Gasteiger partial charge in [0, 0.05) is 26.1 Å². The van der Waals surface area contributed by atoms with Crippen LogP contribution < -0.4 is 5.32 Å². The van der Waals surface area contributed by atoms with Gasteiger partial charge in [0.05, 0.1) is 18.5 Å². The number of methoxy groups -OCH3 is 1. The SMILES string of the molecule is COCCNCc1cn(Cc2nc(C3CC3)no2)nn1. The maximum atomic E-state index is 5.21. The summed E-state index contributed by atoms with van der Waals surface area (Å²) >= 11 is 0. The summed E-state index contributed by atoms with van der Waals surface area (Å²) in [5.41, 5.74) is 0.878. The molecule has 0 aliphatic heterocycles. The smallest absolute Gasteiger partial charge is 0.248 e.